The van der Waals surface area contributed by atoms with Crippen LogP contribution in [0.2, 0.25) is 0 Å². The second kappa shape index (κ2) is 10.0. The van der Waals surface area contributed by atoms with Crippen LogP contribution in [0.5, 0.6) is 0 Å². The minimum Gasteiger partial charge on any atom is -0.325 e. The third-order valence-corrected chi connectivity index (χ3v) is 4.95. The Hall–Kier alpha value is -2.66. The van der Waals surface area contributed by atoms with Crippen LogP contribution in [0.4, 0.5) is 11.4 Å². The highest BCUT2D eigenvalue weighted by molar-refractivity contribution is 5.96. The number of rotatable bonds is 8. The zero-order chi connectivity index (χ0) is 20.7. The molecule has 0 aliphatic heterocycles. The van der Waals surface area contributed by atoms with Crippen LogP contribution in [0.25, 0.3) is 0 Å². The largest absolute Gasteiger partial charge is 0.325 e. The Bertz CT molecular complexity index is 800. The minimum atomic E-state index is -0.433. The van der Waals surface area contributed by atoms with Crippen molar-refractivity contribution in [1.82, 2.24) is 4.90 Å². The molecule has 0 saturated carbocycles. The number of nitrogens with one attached hydrogen (secondary N) is 2. The lowest BCUT2D eigenvalue weighted by molar-refractivity contribution is -0.122. The Morgan fingerprint density at radius 2 is 1.61 bits per heavy atom. The Balaban J connectivity index is 1.90. The second-order valence-corrected chi connectivity index (χ2v) is 7.42. The lowest BCUT2D eigenvalue weighted by Crippen LogP contribution is -2.43. The van der Waals surface area contributed by atoms with Crippen molar-refractivity contribution in [2.75, 3.05) is 24.2 Å². The van der Waals surface area contributed by atoms with Crippen molar-refractivity contribution in [3.63, 3.8) is 0 Å². The normalized spacial score (nSPS) is 12.1. The summed E-state index contributed by atoms with van der Waals surface area (Å²) in [6.45, 7) is 8.25. The fourth-order valence-electron chi connectivity index (χ4n) is 2.90. The highest BCUT2D eigenvalue weighted by atomic mass is 16.2. The number of aryl methyl sites for hydroxylation is 1. The maximum atomic E-state index is 12.5. The number of nitrogens with zero attached hydrogens (tertiary/aromatic N) is 1. The molecule has 2 N–H and O–H groups in total. The predicted molar refractivity (Wildman–Crippen MR) is 116 cm³/mol. The van der Waals surface area contributed by atoms with Crippen molar-refractivity contribution in [1.29, 1.82) is 0 Å². The Kier molecular flexibility index (Phi) is 7.76. The zero-order valence-corrected chi connectivity index (χ0v) is 17.5. The Morgan fingerprint density at radius 1 is 0.964 bits per heavy atom. The summed E-state index contributed by atoms with van der Waals surface area (Å²) in [5, 5.41) is 5.86. The van der Waals surface area contributed by atoms with Gasteiger partial charge in [-0.1, -0.05) is 51.1 Å². The molecule has 0 bridgehead atoms. The van der Waals surface area contributed by atoms with E-state index in [1.807, 2.05) is 48.5 Å². The third-order valence-electron chi connectivity index (χ3n) is 4.95. The van der Waals surface area contributed by atoms with Gasteiger partial charge in [0.15, 0.2) is 0 Å². The molecular formula is C23H31N3O2. The number of hydrogen-bond donors (Lipinski definition) is 2. The van der Waals surface area contributed by atoms with Crippen LogP contribution in [0, 0.1) is 0 Å². The van der Waals surface area contributed by atoms with E-state index in [-0.39, 0.29) is 18.4 Å². The maximum Gasteiger partial charge on any atom is 0.241 e. The van der Waals surface area contributed by atoms with E-state index in [1.165, 1.54) is 5.56 Å². The fraction of sp³-hybridized carbons (Fsp3) is 0.391. The van der Waals surface area contributed by atoms with Crippen molar-refractivity contribution in [2.24, 2.45) is 0 Å². The molecule has 0 spiro atoms. The van der Waals surface area contributed by atoms with Gasteiger partial charge in [0, 0.05) is 11.4 Å². The molecule has 0 heterocycles. The fourth-order valence-corrected chi connectivity index (χ4v) is 2.90. The van der Waals surface area contributed by atoms with Crippen molar-refractivity contribution >= 4 is 23.2 Å². The van der Waals surface area contributed by atoms with Crippen LogP contribution in [-0.2, 0) is 16.0 Å². The van der Waals surface area contributed by atoms with Gasteiger partial charge in [-0.25, -0.2) is 0 Å². The Labute approximate surface area is 168 Å². The predicted octanol–water partition coefficient (Wildman–Crippen LogP) is 4.27. The highest BCUT2D eigenvalue weighted by Crippen LogP contribution is 2.18. The van der Waals surface area contributed by atoms with E-state index >= 15 is 0 Å². The standard InChI is InChI=1S/C23H31N3O2/c1-6-18-9-7-8-10-21(18)25-22(27)15-26(5)17(4)23(28)24-20-13-11-19(12-14-20)16(2)3/h7-14,16-17H,6,15H2,1-5H3,(H,24,28)(H,25,27)/t17-/m0/s1. The SMILES string of the molecule is CCc1ccccc1NC(=O)CN(C)[C@@H](C)C(=O)Nc1ccc(C(C)C)cc1. The number of carbonyl (C=O) groups is 2. The molecule has 0 aliphatic carbocycles. The molecule has 0 radical (unpaired) electrons. The van der Waals surface area contributed by atoms with E-state index in [1.54, 1.807) is 18.9 Å². The second-order valence-electron chi connectivity index (χ2n) is 7.42. The van der Waals surface area contributed by atoms with Crippen LogP contribution < -0.4 is 10.6 Å². The smallest absolute Gasteiger partial charge is 0.241 e. The average molecular weight is 382 g/mol. The molecule has 2 aromatic carbocycles. The molecule has 0 aliphatic rings. The van der Waals surface area contributed by atoms with E-state index in [2.05, 4.69) is 31.4 Å². The van der Waals surface area contributed by atoms with Crippen molar-refractivity contribution in [3.05, 3.63) is 59.7 Å². The number of carbonyl (C=O) groups excluding carboxylic acids is 2. The molecule has 28 heavy (non-hydrogen) atoms. The zero-order valence-electron chi connectivity index (χ0n) is 17.5. The van der Waals surface area contributed by atoms with Gasteiger partial charge in [-0.2, -0.15) is 0 Å². The molecule has 2 rings (SSSR count). The lowest BCUT2D eigenvalue weighted by Gasteiger charge is -2.23. The number of benzene rings is 2. The lowest BCUT2D eigenvalue weighted by atomic mass is 10.0. The van der Waals surface area contributed by atoms with Crippen molar-refractivity contribution < 1.29 is 9.59 Å². The van der Waals surface area contributed by atoms with E-state index in [0.29, 0.717) is 5.92 Å². The maximum absolute atomic E-state index is 12.5. The number of hydrogen-bond acceptors (Lipinski definition) is 3. The molecule has 0 aromatic heterocycles. The average Bonchev–Trinajstić information content (AvgIpc) is 2.68. The van der Waals surface area contributed by atoms with E-state index in [0.717, 1.165) is 23.4 Å². The molecule has 0 unspecified atom stereocenters. The number of likely N-dealkylation sites (N-methyl/N-ethyl adjacent to an activating group) is 1. The van der Waals surface area contributed by atoms with Gasteiger partial charge in [0.2, 0.25) is 11.8 Å². The van der Waals surface area contributed by atoms with Gasteiger partial charge >= 0.3 is 0 Å². The molecule has 2 aromatic rings. The first-order valence-corrected chi connectivity index (χ1v) is 9.80. The van der Waals surface area contributed by atoms with Crippen molar-refractivity contribution in [3.8, 4) is 0 Å². The molecule has 0 fully saturated rings. The Morgan fingerprint density at radius 3 is 2.21 bits per heavy atom. The monoisotopic (exact) mass is 381 g/mol. The molecule has 0 saturated heterocycles. The third kappa shape index (κ3) is 5.92. The molecule has 5 nitrogen and oxygen atoms in total. The first kappa shape index (κ1) is 21.6. The van der Waals surface area contributed by atoms with Crippen LogP contribution >= 0.6 is 0 Å². The quantitative estimate of drug-likeness (QED) is 0.718. The van der Waals surface area contributed by atoms with Crippen LogP contribution in [0.1, 0.15) is 44.7 Å². The molecular weight excluding hydrogens is 350 g/mol. The summed E-state index contributed by atoms with van der Waals surface area (Å²) in [5.41, 5.74) is 3.91. The highest BCUT2D eigenvalue weighted by Gasteiger charge is 2.20. The van der Waals surface area contributed by atoms with Gasteiger partial charge in [0.25, 0.3) is 0 Å². The molecule has 2 amide bonds. The van der Waals surface area contributed by atoms with Gasteiger partial charge < -0.3 is 10.6 Å². The van der Waals surface area contributed by atoms with Crippen LogP contribution in [-0.4, -0.2) is 36.3 Å². The summed E-state index contributed by atoms with van der Waals surface area (Å²) in [6.07, 6.45) is 0.848. The molecule has 1 atom stereocenters. The summed E-state index contributed by atoms with van der Waals surface area (Å²) >= 11 is 0. The van der Waals surface area contributed by atoms with Gasteiger partial charge in [-0.05, 0) is 55.6 Å². The minimum absolute atomic E-state index is 0.135. The molecule has 150 valence electrons. The van der Waals surface area contributed by atoms with Gasteiger partial charge in [0.1, 0.15) is 0 Å². The first-order chi connectivity index (χ1) is 13.3. The number of anilines is 2. The number of para-hydroxylation sites is 1. The van der Waals surface area contributed by atoms with Crippen LogP contribution in [0.3, 0.4) is 0 Å². The number of amides is 2. The van der Waals surface area contributed by atoms with Gasteiger partial charge in [-0.3, -0.25) is 14.5 Å². The van der Waals surface area contributed by atoms with E-state index < -0.39 is 6.04 Å². The topological polar surface area (TPSA) is 61.4 Å². The van der Waals surface area contributed by atoms with E-state index in [9.17, 15) is 9.59 Å². The van der Waals surface area contributed by atoms with Gasteiger partial charge in [0.05, 0.1) is 12.6 Å². The summed E-state index contributed by atoms with van der Waals surface area (Å²) in [5.74, 6) is 0.178. The first-order valence-electron chi connectivity index (χ1n) is 9.80. The summed E-state index contributed by atoms with van der Waals surface area (Å²) in [4.78, 5) is 26.7. The molecule has 5 heteroatoms. The van der Waals surface area contributed by atoms with Crippen LogP contribution in [0.15, 0.2) is 48.5 Å². The summed E-state index contributed by atoms with van der Waals surface area (Å²) in [6, 6.07) is 15.2. The van der Waals surface area contributed by atoms with E-state index in [4.69, 9.17) is 0 Å². The van der Waals surface area contributed by atoms with Crippen molar-refractivity contribution in [2.45, 2.75) is 46.1 Å². The summed E-state index contributed by atoms with van der Waals surface area (Å²) in [7, 11) is 1.78. The van der Waals surface area contributed by atoms with Gasteiger partial charge in [-0.15, -0.1) is 0 Å². The summed E-state index contributed by atoms with van der Waals surface area (Å²) < 4.78 is 0.